The van der Waals surface area contributed by atoms with Gasteiger partial charge in [0, 0.05) is 0 Å². The molecule has 1 aromatic carbocycles. The van der Waals surface area contributed by atoms with Crippen LogP contribution in [0.15, 0.2) is 42.5 Å². The molecule has 0 aliphatic carbocycles. The zero-order valence-electron chi connectivity index (χ0n) is 9.79. The van der Waals surface area contributed by atoms with E-state index < -0.39 is 0 Å². The highest BCUT2D eigenvalue weighted by molar-refractivity contribution is 7.23. The third kappa shape index (κ3) is 2.69. The molecular weight excluding hydrogens is 298 g/mol. The molecule has 3 nitrogen and oxygen atoms in total. The van der Waals surface area contributed by atoms with Gasteiger partial charge in [-0.15, -0.1) is 21.5 Å². The summed E-state index contributed by atoms with van der Waals surface area (Å²) in [5.74, 6) is 0. The fourth-order valence-electron chi connectivity index (χ4n) is 1.69. The van der Waals surface area contributed by atoms with Crippen molar-refractivity contribution in [3.8, 4) is 9.88 Å². The van der Waals surface area contributed by atoms with Crippen molar-refractivity contribution < 1.29 is 0 Å². The number of rotatable bonds is 3. The molecule has 0 aliphatic heterocycles. The van der Waals surface area contributed by atoms with Gasteiger partial charge in [-0.2, -0.15) is 0 Å². The van der Waals surface area contributed by atoms with Crippen molar-refractivity contribution >= 4 is 34.3 Å². The molecule has 0 radical (unpaired) electrons. The summed E-state index contributed by atoms with van der Waals surface area (Å²) in [6.45, 7) is 0. The fourth-order valence-corrected chi connectivity index (χ4v) is 3.66. The van der Waals surface area contributed by atoms with Crippen LogP contribution in [0.25, 0.3) is 9.88 Å². The number of nitrogens with two attached hydrogens (primary N) is 1. The van der Waals surface area contributed by atoms with E-state index in [1.54, 1.807) is 0 Å². The van der Waals surface area contributed by atoms with E-state index in [1.165, 1.54) is 22.7 Å². The zero-order chi connectivity index (χ0) is 13.2. The average Bonchev–Trinajstić information content (AvgIpc) is 3.07. The minimum Gasteiger partial charge on any atom is -0.318 e. The van der Waals surface area contributed by atoms with E-state index in [4.69, 9.17) is 17.3 Å². The molecule has 2 heterocycles. The second-order valence-electron chi connectivity index (χ2n) is 3.94. The van der Waals surface area contributed by atoms with Gasteiger partial charge in [-0.1, -0.05) is 53.3 Å². The normalized spacial score (nSPS) is 12.5. The number of hydrogen-bond donors (Lipinski definition) is 1. The van der Waals surface area contributed by atoms with E-state index in [1.807, 2.05) is 42.5 Å². The Kier molecular flexibility index (Phi) is 3.61. The lowest BCUT2D eigenvalue weighted by atomic mass is 10.1. The Morgan fingerprint density at radius 1 is 1.00 bits per heavy atom. The first-order valence-corrected chi connectivity index (χ1v) is 7.65. The maximum atomic E-state index is 6.20. The van der Waals surface area contributed by atoms with E-state index in [9.17, 15) is 0 Å². The molecule has 0 amide bonds. The highest BCUT2D eigenvalue weighted by Crippen LogP contribution is 2.34. The van der Waals surface area contributed by atoms with Crippen molar-refractivity contribution in [2.24, 2.45) is 5.73 Å². The lowest BCUT2D eigenvalue weighted by Crippen LogP contribution is -2.11. The van der Waals surface area contributed by atoms with Crippen LogP contribution in [-0.4, -0.2) is 10.2 Å². The van der Waals surface area contributed by atoms with Crippen molar-refractivity contribution in [2.45, 2.75) is 6.04 Å². The van der Waals surface area contributed by atoms with Crippen molar-refractivity contribution in [2.75, 3.05) is 0 Å². The molecule has 3 rings (SSSR count). The van der Waals surface area contributed by atoms with E-state index >= 15 is 0 Å². The lowest BCUT2D eigenvalue weighted by Gasteiger charge is -2.06. The molecule has 3 aromatic rings. The van der Waals surface area contributed by atoms with Crippen LogP contribution in [0.5, 0.6) is 0 Å². The number of halogens is 1. The van der Waals surface area contributed by atoms with Crippen LogP contribution in [0.3, 0.4) is 0 Å². The molecule has 96 valence electrons. The van der Waals surface area contributed by atoms with Gasteiger partial charge in [-0.3, -0.25) is 0 Å². The summed E-state index contributed by atoms with van der Waals surface area (Å²) in [6, 6.07) is 13.5. The SMILES string of the molecule is NC(c1ccccc1)c1nnc(-c2ccc(Cl)s2)s1. The summed E-state index contributed by atoms with van der Waals surface area (Å²) < 4.78 is 0.749. The zero-order valence-corrected chi connectivity index (χ0v) is 12.2. The maximum Gasteiger partial charge on any atom is 0.157 e. The van der Waals surface area contributed by atoms with E-state index in [2.05, 4.69) is 10.2 Å². The molecule has 0 saturated heterocycles. The quantitative estimate of drug-likeness (QED) is 0.796. The molecule has 6 heteroatoms. The summed E-state index contributed by atoms with van der Waals surface area (Å²) in [5, 5.41) is 10.0. The largest absolute Gasteiger partial charge is 0.318 e. The molecule has 0 aliphatic rings. The van der Waals surface area contributed by atoms with Gasteiger partial charge in [-0.25, -0.2) is 0 Å². The van der Waals surface area contributed by atoms with E-state index in [-0.39, 0.29) is 6.04 Å². The first-order valence-electron chi connectivity index (χ1n) is 5.63. The first kappa shape index (κ1) is 12.7. The van der Waals surface area contributed by atoms with Gasteiger partial charge in [-0.05, 0) is 17.7 Å². The third-order valence-electron chi connectivity index (χ3n) is 2.65. The number of hydrogen-bond acceptors (Lipinski definition) is 5. The molecule has 2 aromatic heterocycles. The van der Waals surface area contributed by atoms with Crippen LogP contribution in [0.2, 0.25) is 4.34 Å². The minimum atomic E-state index is -0.233. The summed E-state index contributed by atoms with van der Waals surface area (Å²) in [6.07, 6.45) is 0. The Morgan fingerprint density at radius 2 is 1.79 bits per heavy atom. The molecule has 19 heavy (non-hydrogen) atoms. The smallest absolute Gasteiger partial charge is 0.157 e. The van der Waals surface area contributed by atoms with Gasteiger partial charge >= 0.3 is 0 Å². The van der Waals surface area contributed by atoms with Crippen LogP contribution in [0.4, 0.5) is 0 Å². The summed E-state index contributed by atoms with van der Waals surface area (Å²) in [5.41, 5.74) is 7.23. The summed E-state index contributed by atoms with van der Waals surface area (Å²) in [4.78, 5) is 1.02. The van der Waals surface area contributed by atoms with Crippen LogP contribution >= 0.6 is 34.3 Å². The Morgan fingerprint density at radius 3 is 2.47 bits per heavy atom. The van der Waals surface area contributed by atoms with Gasteiger partial charge < -0.3 is 5.73 Å². The number of benzene rings is 1. The molecule has 0 bridgehead atoms. The highest BCUT2D eigenvalue weighted by Gasteiger charge is 2.15. The Labute approximate surface area is 123 Å². The van der Waals surface area contributed by atoms with Gasteiger partial charge in [0.1, 0.15) is 5.01 Å². The molecule has 2 N–H and O–H groups in total. The van der Waals surface area contributed by atoms with E-state index in [0.717, 1.165) is 24.8 Å². The van der Waals surface area contributed by atoms with Crippen molar-refractivity contribution in [1.82, 2.24) is 10.2 Å². The maximum absolute atomic E-state index is 6.20. The summed E-state index contributed by atoms with van der Waals surface area (Å²) >= 11 is 8.93. The summed E-state index contributed by atoms with van der Waals surface area (Å²) in [7, 11) is 0. The number of aromatic nitrogens is 2. The molecule has 1 atom stereocenters. The number of nitrogens with zero attached hydrogens (tertiary/aromatic N) is 2. The topological polar surface area (TPSA) is 51.8 Å². The van der Waals surface area contributed by atoms with Gasteiger partial charge in [0.25, 0.3) is 0 Å². The molecule has 0 fully saturated rings. The standard InChI is InChI=1S/C13H10ClN3S2/c14-10-7-6-9(18-10)12-16-17-13(19-12)11(15)8-4-2-1-3-5-8/h1-7,11H,15H2. The average molecular weight is 308 g/mol. The minimum absolute atomic E-state index is 0.233. The van der Waals surface area contributed by atoms with E-state index in [0.29, 0.717) is 0 Å². The highest BCUT2D eigenvalue weighted by atomic mass is 35.5. The Bertz CT molecular complexity index is 678. The van der Waals surface area contributed by atoms with Crippen LogP contribution in [0.1, 0.15) is 16.6 Å². The lowest BCUT2D eigenvalue weighted by molar-refractivity contribution is 0.831. The van der Waals surface area contributed by atoms with Gasteiger partial charge in [0.05, 0.1) is 15.3 Å². The third-order valence-corrected chi connectivity index (χ3v) is 5.06. The van der Waals surface area contributed by atoms with Crippen LogP contribution in [0, 0.1) is 0 Å². The number of thiophene rings is 1. The Hall–Kier alpha value is -1.27. The molecule has 0 saturated carbocycles. The van der Waals surface area contributed by atoms with Crippen molar-refractivity contribution in [3.63, 3.8) is 0 Å². The van der Waals surface area contributed by atoms with Gasteiger partial charge in [0.15, 0.2) is 5.01 Å². The van der Waals surface area contributed by atoms with Crippen LogP contribution < -0.4 is 5.73 Å². The molecular formula is C13H10ClN3S2. The van der Waals surface area contributed by atoms with Gasteiger partial charge in [0.2, 0.25) is 0 Å². The predicted molar refractivity (Wildman–Crippen MR) is 80.7 cm³/mol. The molecule has 1 unspecified atom stereocenters. The van der Waals surface area contributed by atoms with Crippen molar-refractivity contribution in [1.29, 1.82) is 0 Å². The van der Waals surface area contributed by atoms with Crippen LogP contribution in [-0.2, 0) is 0 Å². The second kappa shape index (κ2) is 5.38. The predicted octanol–water partition coefficient (Wildman–Crippen LogP) is 3.97. The monoisotopic (exact) mass is 307 g/mol. The Balaban J connectivity index is 1.89. The second-order valence-corrected chi connectivity index (χ2v) is 6.66. The molecule has 0 spiro atoms. The van der Waals surface area contributed by atoms with Crippen molar-refractivity contribution in [3.05, 3.63) is 57.4 Å². The fraction of sp³-hybridized carbons (Fsp3) is 0.0769. The first-order chi connectivity index (χ1) is 9.24.